The van der Waals surface area contributed by atoms with Gasteiger partial charge in [-0.3, -0.25) is 4.79 Å². The zero-order valence-electron chi connectivity index (χ0n) is 27.0. The molecule has 1 saturated carbocycles. The molecule has 46 heavy (non-hydrogen) atoms. The fourth-order valence-corrected chi connectivity index (χ4v) is 5.40. The predicted molar refractivity (Wildman–Crippen MR) is 169 cm³/mol. The minimum atomic E-state index is -1.79. The van der Waals surface area contributed by atoms with Gasteiger partial charge in [0.2, 0.25) is 0 Å². The first-order valence-corrected chi connectivity index (χ1v) is 16.4. The SMILES string of the molecule is C[C@H]1CC(O)[C@@H](N)CO1.NCC(F)C(O)C(=O)NC1CC(N)CC(OC2CCC(CO)O2)C1.NCC(O)CNCC1C=CCCO1. The number of ether oxygens (including phenoxy) is 4. The Labute approximate surface area is 271 Å². The van der Waals surface area contributed by atoms with Crippen LogP contribution in [0, 0.1) is 0 Å². The van der Waals surface area contributed by atoms with E-state index >= 15 is 0 Å². The monoisotopic (exact) mass is 666 g/mol. The molecule has 3 fully saturated rings. The minimum absolute atomic E-state index is 0.0356. The molecule has 10 unspecified atom stereocenters. The van der Waals surface area contributed by atoms with Crippen molar-refractivity contribution in [3.05, 3.63) is 12.2 Å². The van der Waals surface area contributed by atoms with Crippen LogP contribution >= 0.6 is 0 Å². The van der Waals surface area contributed by atoms with Crippen molar-refractivity contribution in [2.75, 3.05) is 46.0 Å². The molecule has 0 radical (unpaired) electrons. The molecule has 4 rings (SSSR count). The van der Waals surface area contributed by atoms with Gasteiger partial charge in [0.15, 0.2) is 12.4 Å². The van der Waals surface area contributed by atoms with E-state index in [0.29, 0.717) is 51.8 Å². The van der Waals surface area contributed by atoms with E-state index in [9.17, 15) is 14.3 Å². The fourth-order valence-electron chi connectivity index (χ4n) is 5.40. The lowest BCUT2D eigenvalue weighted by molar-refractivity contribution is -0.175. The first-order chi connectivity index (χ1) is 21.9. The molecule has 0 aromatic heterocycles. The number of nitrogens with two attached hydrogens (primary N) is 4. The quantitative estimate of drug-likeness (QED) is 0.0947. The number of carbonyl (C=O) groups excluding carboxylic acids is 1. The van der Waals surface area contributed by atoms with Gasteiger partial charge in [-0.05, 0) is 39.0 Å². The van der Waals surface area contributed by atoms with E-state index in [-0.39, 0.29) is 61.5 Å². The van der Waals surface area contributed by atoms with Gasteiger partial charge in [-0.15, -0.1) is 0 Å². The Hall–Kier alpha value is -1.38. The van der Waals surface area contributed by atoms with E-state index in [2.05, 4.69) is 16.7 Å². The molecule has 2 saturated heterocycles. The summed E-state index contributed by atoms with van der Waals surface area (Å²) in [6, 6.07) is -0.654. The predicted octanol–water partition coefficient (Wildman–Crippen LogP) is -2.75. The van der Waals surface area contributed by atoms with Crippen LogP contribution < -0.4 is 33.6 Å². The molecule has 1 amide bonds. The summed E-state index contributed by atoms with van der Waals surface area (Å²) in [7, 11) is 0. The van der Waals surface area contributed by atoms with Crippen molar-refractivity contribution in [1.29, 1.82) is 0 Å². The van der Waals surface area contributed by atoms with Crippen LogP contribution in [0.2, 0.25) is 0 Å². The molecular weight excluding hydrogens is 607 g/mol. The van der Waals surface area contributed by atoms with Crippen molar-refractivity contribution in [2.45, 2.75) is 125 Å². The Kier molecular flexibility index (Phi) is 19.8. The molecule has 15 nitrogen and oxygen atoms in total. The third kappa shape index (κ3) is 15.7. The van der Waals surface area contributed by atoms with Crippen LogP contribution in [-0.4, -0.2) is 146 Å². The van der Waals surface area contributed by atoms with Gasteiger partial charge in [0.05, 0.1) is 62.5 Å². The standard InChI is InChI=1S/C15H28FN3O5.C9H18N2O2.C6H13NO2/c16-12(6-17)14(21)15(22)19-9-3-8(18)4-11(5-9)24-13-2-1-10(7-20)23-13;10-5-8(12)6-11-7-9-3-1-2-4-13-9;1-4-2-6(8)5(7)3-9-4/h8-14,20-21H,1-7,17-18H2,(H,19,22);1,3,8-9,11-12H,2,4-7,10H2;4-6,8H,2-3,7H2,1H3/t;;4-,5-,6?/m..0/s1. The molecule has 0 spiro atoms. The lowest BCUT2D eigenvalue weighted by Crippen LogP contribution is -2.52. The van der Waals surface area contributed by atoms with Crippen LogP contribution in [-0.2, 0) is 23.7 Å². The molecular formula is C30H59FN6O9. The molecule has 3 aliphatic heterocycles. The van der Waals surface area contributed by atoms with E-state index in [1.165, 1.54) is 0 Å². The largest absolute Gasteiger partial charge is 0.394 e. The number of alkyl halides is 1. The van der Waals surface area contributed by atoms with Gasteiger partial charge in [0.1, 0.15) is 6.17 Å². The Morgan fingerprint density at radius 1 is 1.11 bits per heavy atom. The normalized spacial score (nSPS) is 34.7. The first-order valence-electron chi connectivity index (χ1n) is 16.4. The first kappa shape index (κ1) is 40.8. The highest BCUT2D eigenvalue weighted by atomic mass is 19.1. The summed E-state index contributed by atoms with van der Waals surface area (Å²) >= 11 is 0. The van der Waals surface area contributed by atoms with E-state index in [4.69, 9.17) is 57.2 Å². The maximum absolute atomic E-state index is 13.3. The molecule has 1 aliphatic carbocycles. The molecule has 16 heteroatoms. The van der Waals surface area contributed by atoms with Crippen LogP contribution in [0.1, 0.15) is 51.9 Å². The van der Waals surface area contributed by atoms with Crippen molar-refractivity contribution in [1.82, 2.24) is 10.6 Å². The Balaban J connectivity index is 0.000000278. The highest BCUT2D eigenvalue weighted by molar-refractivity contribution is 5.81. The highest BCUT2D eigenvalue weighted by Gasteiger charge is 2.35. The van der Waals surface area contributed by atoms with Crippen molar-refractivity contribution in [3.63, 3.8) is 0 Å². The number of carbonyl (C=O) groups is 1. The van der Waals surface area contributed by atoms with Gasteiger partial charge in [-0.1, -0.05) is 12.2 Å². The summed E-state index contributed by atoms with van der Waals surface area (Å²) in [5.74, 6) is -0.789. The average molecular weight is 667 g/mol. The van der Waals surface area contributed by atoms with Gasteiger partial charge in [-0.2, -0.15) is 0 Å². The number of aliphatic hydroxyl groups is 4. The van der Waals surface area contributed by atoms with Gasteiger partial charge in [0.25, 0.3) is 5.91 Å². The average Bonchev–Trinajstić information content (AvgIpc) is 3.50. The Morgan fingerprint density at radius 2 is 1.87 bits per heavy atom. The van der Waals surface area contributed by atoms with Gasteiger partial charge >= 0.3 is 0 Å². The van der Waals surface area contributed by atoms with Crippen LogP contribution in [0.4, 0.5) is 4.39 Å². The second-order valence-corrected chi connectivity index (χ2v) is 12.4. The molecule has 14 N–H and O–H groups in total. The van der Waals surface area contributed by atoms with E-state index < -0.39 is 30.8 Å². The second kappa shape index (κ2) is 22.3. The van der Waals surface area contributed by atoms with E-state index in [0.717, 1.165) is 26.0 Å². The molecule has 0 aromatic carbocycles. The topological polar surface area (TPSA) is 263 Å². The zero-order chi connectivity index (χ0) is 34.1. The zero-order valence-corrected chi connectivity index (χ0v) is 27.0. The molecule has 3 heterocycles. The highest BCUT2D eigenvalue weighted by Crippen LogP contribution is 2.27. The second-order valence-electron chi connectivity index (χ2n) is 12.4. The Morgan fingerprint density at radius 3 is 2.46 bits per heavy atom. The van der Waals surface area contributed by atoms with Crippen LogP contribution in [0.25, 0.3) is 0 Å². The number of aliphatic hydroxyl groups excluding tert-OH is 4. The maximum atomic E-state index is 13.3. The summed E-state index contributed by atoms with van der Waals surface area (Å²) in [5, 5.41) is 42.6. The third-order valence-electron chi connectivity index (χ3n) is 8.11. The Bertz CT molecular complexity index is 868. The van der Waals surface area contributed by atoms with Gasteiger partial charge in [0, 0.05) is 51.1 Å². The van der Waals surface area contributed by atoms with Crippen LogP contribution in [0.15, 0.2) is 12.2 Å². The smallest absolute Gasteiger partial charge is 0.252 e. The lowest BCUT2D eigenvalue weighted by atomic mass is 9.89. The number of nitrogens with one attached hydrogen (secondary N) is 2. The molecule has 12 atom stereocenters. The number of rotatable bonds is 12. The van der Waals surface area contributed by atoms with Crippen molar-refractivity contribution in [2.24, 2.45) is 22.9 Å². The third-order valence-corrected chi connectivity index (χ3v) is 8.11. The van der Waals surface area contributed by atoms with Gasteiger partial charge in [-0.25, -0.2) is 4.39 Å². The lowest BCUT2D eigenvalue weighted by Gasteiger charge is -2.35. The van der Waals surface area contributed by atoms with E-state index in [1.54, 1.807) is 0 Å². The summed E-state index contributed by atoms with van der Waals surface area (Å²) in [6.07, 6.45) is 4.09. The molecule has 4 aliphatic rings. The summed E-state index contributed by atoms with van der Waals surface area (Å²) < 4.78 is 35.3. The maximum Gasteiger partial charge on any atom is 0.252 e. The molecule has 0 aromatic rings. The van der Waals surface area contributed by atoms with Crippen molar-refractivity contribution >= 4 is 5.91 Å². The van der Waals surface area contributed by atoms with Crippen molar-refractivity contribution in [3.8, 4) is 0 Å². The number of halogens is 1. The van der Waals surface area contributed by atoms with Crippen LogP contribution in [0.3, 0.4) is 0 Å². The summed E-state index contributed by atoms with van der Waals surface area (Å²) in [5.41, 5.74) is 21.8. The van der Waals surface area contributed by atoms with Gasteiger partial charge < -0.3 is 72.9 Å². The molecule has 270 valence electrons. The number of hydrogen-bond donors (Lipinski definition) is 10. The molecule has 0 bridgehead atoms. The fraction of sp³-hybridized carbons (Fsp3) is 0.900. The van der Waals surface area contributed by atoms with Crippen molar-refractivity contribution < 1.29 is 48.6 Å². The van der Waals surface area contributed by atoms with Crippen LogP contribution in [0.5, 0.6) is 0 Å². The number of amides is 1. The summed E-state index contributed by atoms with van der Waals surface area (Å²) in [6.45, 7) is 4.34. The number of hydrogen-bond acceptors (Lipinski definition) is 14. The summed E-state index contributed by atoms with van der Waals surface area (Å²) in [4.78, 5) is 11.9. The van der Waals surface area contributed by atoms with E-state index in [1.807, 2.05) is 13.0 Å². The minimum Gasteiger partial charge on any atom is -0.394 e.